The SMILES string of the molecule is CCN(CCCO)C(=O)c1ccc(C)cc1C#CCN. The Morgan fingerprint density at radius 3 is 2.80 bits per heavy atom. The van der Waals surface area contributed by atoms with E-state index in [2.05, 4.69) is 11.8 Å². The lowest BCUT2D eigenvalue weighted by Gasteiger charge is -2.21. The van der Waals surface area contributed by atoms with Crippen molar-refractivity contribution >= 4 is 5.91 Å². The van der Waals surface area contributed by atoms with Crippen molar-refractivity contribution in [3.05, 3.63) is 34.9 Å². The molecule has 1 aromatic rings. The Morgan fingerprint density at radius 2 is 2.20 bits per heavy atom. The molecule has 0 fully saturated rings. The smallest absolute Gasteiger partial charge is 0.255 e. The lowest BCUT2D eigenvalue weighted by Crippen LogP contribution is -2.32. The molecule has 108 valence electrons. The third kappa shape index (κ3) is 4.37. The minimum atomic E-state index is -0.0535. The van der Waals surface area contributed by atoms with Crippen molar-refractivity contribution < 1.29 is 9.90 Å². The zero-order valence-electron chi connectivity index (χ0n) is 12.1. The van der Waals surface area contributed by atoms with Gasteiger partial charge in [0, 0.05) is 25.3 Å². The molecule has 1 rings (SSSR count). The number of rotatable bonds is 5. The molecule has 0 heterocycles. The summed E-state index contributed by atoms with van der Waals surface area (Å²) in [5, 5.41) is 8.90. The van der Waals surface area contributed by atoms with Crippen LogP contribution in [0, 0.1) is 18.8 Å². The van der Waals surface area contributed by atoms with Crippen molar-refractivity contribution in [3.63, 3.8) is 0 Å². The Morgan fingerprint density at radius 1 is 1.45 bits per heavy atom. The second-order valence-electron chi connectivity index (χ2n) is 4.52. The predicted molar refractivity (Wildman–Crippen MR) is 80.4 cm³/mol. The van der Waals surface area contributed by atoms with E-state index >= 15 is 0 Å². The largest absolute Gasteiger partial charge is 0.396 e. The van der Waals surface area contributed by atoms with Crippen molar-refractivity contribution in [2.45, 2.75) is 20.3 Å². The summed E-state index contributed by atoms with van der Waals surface area (Å²) in [7, 11) is 0. The fourth-order valence-electron chi connectivity index (χ4n) is 1.93. The molecule has 0 aromatic heterocycles. The lowest BCUT2D eigenvalue weighted by atomic mass is 10.0. The number of nitrogens with two attached hydrogens (primary N) is 1. The molecule has 1 amide bonds. The first-order valence-electron chi connectivity index (χ1n) is 6.83. The highest BCUT2D eigenvalue weighted by molar-refractivity contribution is 5.96. The highest BCUT2D eigenvalue weighted by Gasteiger charge is 2.16. The quantitative estimate of drug-likeness (QED) is 0.792. The van der Waals surface area contributed by atoms with E-state index in [1.165, 1.54) is 0 Å². The Labute approximate surface area is 120 Å². The molecule has 0 radical (unpaired) electrons. The van der Waals surface area contributed by atoms with Crippen LogP contribution in [0.5, 0.6) is 0 Å². The molecule has 0 bridgehead atoms. The summed E-state index contributed by atoms with van der Waals surface area (Å²) < 4.78 is 0. The van der Waals surface area contributed by atoms with Gasteiger partial charge in [0.15, 0.2) is 0 Å². The molecule has 0 atom stereocenters. The van der Waals surface area contributed by atoms with Gasteiger partial charge < -0.3 is 15.7 Å². The molecule has 0 aliphatic carbocycles. The summed E-state index contributed by atoms with van der Waals surface area (Å²) in [5.74, 6) is 5.70. The van der Waals surface area contributed by atoms with Gasteiger partial charge in [-0.1, -0.05) is 17.9 Å². The van der Waals surface area contributed by atoms with E-state index in [4.69, 9.17) is 10.8 Å². The maximum absolute atomic E-state index is 12.5. The Bertz CT molecular complexity index is 515. The Balaban J connectivity index is 3.07. The van der Waals surface area contributed by atoms with Gasteiger partial charge in [-0.2, -0.15) is 0 Å². The van der Waals surface area contributed by atoms with Crippen LogP contribution in [-0.2, 0) is 0 Å². The molecule has 0 saturated carbocycles. The van der Waals surface area contributed by atoms with Gasteiger partial charge >= 0.3 is 0 Å². The number of carbonyl (C=O) groups excluding carboxylic acids is 1. The predicted octanol–water partition coefficient (Wildman–Crippen LogP) is 1.15. The van der Waals surface area contributed by atoms with Gasteiger partial charge in [0.25, 0.3) is 5.91 Å². The molecule has 0 aliphatic rings. The zero-order chi connectivity index (χ0) is 15.0. The number of benzene rings is 1. The van der Waals surface area contributed by atoms with Crippen LogP contribution >= 0.6 is 0 Å². The van der Waals surface area contributed by atoms with Crippen molar-refractivity contribution in [2.75, 3.05) is 26.2 Å². The van der Waals surface area contributed by atoms with Crippen molar-refractivity contribution in [1.29, 1.82) is 0 Å². The normalized spacial score (nSPS) is 9.80. The van der Waals surface area contributed by atoms with E-state index in [-0.39, 0.29) is 19.1 Å². The molecule has 0 unspecified atom stereocenters. The monoisotopic (exact) mass is 274 g/mol. The molecule has 0 spiro atoms. The molecule has 0 aliphatic heterocycles. The summed E-state index contributed by atoms with van der Waals surface area (Å²) in [6.07, 6.45) is 0.579. The maximum Gasteiger partial charge on any atom is 0.255 e. The van der Waals surface area contributed by atoms with Gasteiger partial charge in [-0.3, -0.25) is 4.79 Å². The first-order valence-corrected chi connectivity index (χ1v) is 6.83. The maximum atomic E-state index is 12.5. The molecule has 20 heavy (non-hydrogen) atoms. The topological polar surface area (TPSA) is 66.6 Å². The fourth-order valence-corrected chi connectivity index (χ4v) is 1.93. The zero-order valence-corrected chi connectivity index (χ0v) is 12.1. The summed E-state index contributed by atoms with van der Waals surface area (Å²) in [4.78, 5) is 14.2. The van der Waals surface area contributed by atoms with Crippen LogP contribution in [-0.4, -0.2) is 42.2 Å². The van der Waals surface area contributed by atoms with Crippen LogP contribution in [0.15, 0.2) is 18.2 Å². The van der Waals surface area contributed by atoms with Gasteiger partial charge in [-0.05, 0) is 38.0 Å². The number of carbonyl (C=O) groups is 1. The minimum Gasteiger partial charge on any atom is -0.396 e. The van der Waals surface area contributed by atoms with Gasteiger partial charge in [-0.25, -0.2) is 0 Å². The number of hydrogen-bond acceptors (Lipinski definition) is 3. The van der Waals surface area contributed by atoms with E-state index in [1.807, 2.05) is 26.0 Å². The van der Waals surface area contributed by atoms with Crippen LogP contribution in [0.25, 0.3) is 0 Å². The van der Waals surface area contributed by atoms with Crippen LogP contribution < -0.4 is 5.73 Å². The Hall–Kier alpha value is -1.83. The fraction of sp³-hybridized carbons (Fsp3) is 0.438. The first kappa shape index (κ1) is 16.2. The van der Waals surface area contributed by atoms with Gasteiger partial charge in [0.1, 0.15) is 0 Å². The third-order valence-corrected chi connectivity index (χ3v) is 2.99. The highest BCUT2D eigenvalue weighted by Crippen LogP contribution is 2.14. The van der Waals surface area contributed by atoms with Gasteiger partial charge in [0.2, 0.25) is 0 Å². The lowest BCUT2D eigenvalue weighted by molar-refractivity contribution is 0.0754. The van der Waals surface area contributed by atoms with Gasteiger partial charge in [-0.15, -0.1) is 0 Å². The van der Waals surface area contributed by atoms with E-state index in [0.29, 0.717) is 30.6 Å². The highest BCUT2D eigenvalue weighted by atomic mass is 16.3. The standard InChI is InChI=1S/C16H22N2O2/c1-3-18(10-5-11-19)16(20)15-8-7-13(2)12-14(15)6-4-9-17/h7-8,12,19H,3,5,9-11,17H2,1-2H3. The molecule has 4 heteroatoms. The van der Waals surface area contributed by atoms with E-state index in [0.717, 1.165) is 5.56 Å². The number of aliphatic hydroxyl groups is 1. The number of aryl methyl sites for hydroxylation is 1. The van der Waals surface area contributed by atoms with Crippen LogP contribution in [0.2, 0.25) is 0 Å². The summed E-state index contributed by atoms with van der Waals surface area (Å²) in [6, 6.07) is 5.61. The molecule has 0 saturated heterocycles. The van der Waals surface area contributed by atoms with E-state index < -0.39 is 0 Å². The number of aliphatic hydroxyl groups excluding tert-OH is 1. The Kier molecular flexibility index (Phi) is 6.78. The second-order valence-corrected chi connectivity index (χ2v) is 4.52. The van der Waals surface area contributed by atoms with Crippen LogP contribution in [0.1, 0.15) is 34.8 Å². The molecule has 3 N–H and O–H groups in total. The van der Waals surface area contributed by atoms with E-state index in [1.54, 1.807) is 11.0 Å². The first-order chi connectivity index (χ1) is 9.63. The summed E-state index contributed by atoms with van der Waals surface area (Å²) >= 11 is 0. The van der Waals surface area contributed by atoms with Crippen LogP contribution in [0.4, 0.5) is 0 Å². The van der Waals surface area contributed by atoms with E-state index in [9.17, 15) is 4.79 Å². The number of amides is 1. The molecule has 4 nitrogen and oxygen atoms in total. The van der Waals surface area contributed by atoms with Crippen LogP contribution in [0.3, 0.4) is 0 Å². The second kappa shape index (κ2) is 8.36. The third-order valence-electron chi connectivity index (χ3n) is 2.99. The number of hydrogen-bond donors (Lipinski definition) is 2. The summed E-state index contributed by atoms with van der Waals surface area (Å²) in [5.41, 5.74) is 7.76. The molecular weight excluding hydrogens is 252 g/mol. The van der Waals surface area contributed by atoms with Crippen molar-refractivity contribution in [2.24, 2.45) is 5.73 Å². The number of nitrogens with zero attached hydrogens (tertiary/aromatic N) is 1. The van der Waals surface area contributed by atoms with Gasteiger partial charge in [0.05, 0.1) is 12.1 Å². The van der Waals surface area contributed by atoms with Crippen molar-refractivity contribution in [3.8, 4) is 11.8 Å². The minimum absolute atomic E-state index is 0.0535. The van der Waals surface area contributed by atoms with Crippen molar-refractivity contribution in [1.82, 2.24) is 4.90 Å². The average Bonchev–Trinajstić information content (AvgIpc) is 2.45. The average molecular weight is 274 g/mol. The molecule has 1 aromatic carbocycles. The molecular formula is C16H22N2O2. The summed E-state index contributed by atoms with van der Waals surface area (Å²) in [6.45, 7) is 5.39.